The lowest BCUT2D eigenvalue weighted by atomic mass is 9.99. The molecule has 1 fully saturated rings. The molecule has 2 aliphatic rings. The van der Waals surface area contributed by atoms with Gasteiger partial charge in [0.1, 0.15) is 5.75 Å². The summed E-state index contributed by atoms with van der Waals surface area (Å²) in [4.78, 5) is 24.3. The van der Waals surface area contributed by atoms with Crippen molar-refractivity contribution in [1.29, 1.82) is 0 Å². The Morgan fingerprint density at radius 3 is 2.87 bits per heavy atom. The number of anilines is 2. The van der Waals surface area contributed by atoms with Crippen LogP contribution in [0.3, 0.4) is 0 Å². The largest absolute Gasteiger partial charge is 0.482 e. The highest BCUT2D eigenvalue weighted by Gasteiger charge is 2.34. The summed E-state index contributed by atoms with van der Waals surface area (Å²) < 4.78 is 33.8. The van der Waals surface area contributed by atoms with Gasteiger partial charge in [0, 0.05) is 23.2 Å². The fourth-order valence-electron chi connectivity index (χ4n) is 3.56. The molecule has 2 heterocycles. The molecule has 0 bridgehead atoms. The van der Waals surface area contributed by atoms with Crippen molar-refractivity contribution >= 4 is 49.1 Å². The van der Waals surface area contributed by atoms with E-state index in [-0.39, 0.29) is 29.9 Å². The number of ether oxygens (including phenoxy) is 1. The van der Waals surface area contributed by atoms with Crippen LogP contribution in [0.15, 0.2) is 51.8 Å². The van der Waals surface area contributed by atoms with Crippen LogP contribution in [0.4, 0.5) is 11.4 Å². The Hall–Kier alpha value is -2.43. The third kappa shape index (κ3) is 4.35. The van der Waals surface area contributed by atoms with Gasteiger partial charge in [-0.25, -0.2) is 8.42 Å². The number of carbonyl (C=O) groups excluding carboxylic acids is 2. The van der Waals surface area contributed by atoms with Gasteiger partial charge >= 0.3 is 0 Å². The van der Waals surface area contributed by atoms with E-state index < -0.39 is 15.9 Å². The molecule has 0 radical (unpaired) electrons. The van der Waals surface area contributed by atoms with Gasteiger partial charge < -0.3 is 15.4 Å². The molecule has 1 saturated heterocycles. The van der Waals surface area contributed by atoms with Gasteiger partial charge in [-0.2, -0.15) is 4.31 Å². The lowest BCUT2D eigenvalue weighted by Gasteiger charge is -2.31. The molecule has 8 nitrogen and oxygen atoms in total. The van der Waals surface area contributed by atoms with Gasteiger partial charge in [0.05, 0.1) is 16.5 Å². The molecule has 4 rings (SSSR count). The number of nitrogens with one attached hydrogen (secondary N) is 2. The predicted octanol–water partition coefficient (Wildman–Crippen LogP) is 2.82. The Kier molecular flexibility index (Phi) is 5.81. The summed E-state index contributed by atoms with van der Waals surface area (Å²) in [6.45, 7) is 0.338. The minimum Gasteiger partial charge on any atom is -0.482 e. The maximum Gasteiger partial charge on any atom is 0.262 e. The molecule has 2 aromatic rings. The second-order valence-corrected chi connectivity index (χ2v) is 10.1. The number of amides is 2. The van der Waals surface area contributed by atoms with Gasteiger partial charge in [-0.05, 0) is 49.2 Å². The number of hydrogen-bond acceptors (Lipinski definition) is 5. The third-order valence-corrected chi connectivity index (χ3v) is 7.42. The molecule has 0 aliphatic carbocycles. The normalized spacial score (nSPS) is 19.4. The summed E-state index contributed by atoms with van der Waals surface area (Å²) in [5.74, 6) is -0.565. The second kappa shape index (κ2) is 8.37. The average molecular weight is 494 g/mol. The summed E-state index contributed by atoms with van der Waals surface area (Å²) in [6.07, 6.45) is 1.19. The van der Waals surface area contributed by atoms with Crippen molar-refractivity contribution in [3.05, 3.63) is 46.9 Å². The first-order chi connectivity index (χ1) is 14.3. The van der Waals surface area contributed by atoms with Crippen LogP contribution in [0.5, 0.6) is 5.75 Å². The Bertz CT molecular complexity index is 1110. The van der Waals surface area contributed by atoms with Gasteiger partial charge in [0.15, 0.2) is 6.61 Å². The first-order valence-electron chi connectivity index (χ1n) is 9.46. The molecule has 2 amide bonds. The predicted molar refractivity (Wildman–Crippen MR) is 115 cm³/mol. The highest BCUT2D eigenvalue weighted by Crippen LogP contribution is 2.32. The molecule has 0 spiro atoms. The topological polar surface area (TPSA) is 105 Å². The van der Waals surface area contributed by atoms with Crippen LogP contribution >= 0.6 is 15.9 Å². The molecule has 0 aromatic heterocycles. The van der Waals surface area contributed by atoms with Crippen molar-refractivity contribution < 1.29 is 22.7 Å². The van der Waals surface area contributed by atoms with Crippen molar-refractivity contribution in [1.82, 2.24) is 4.31 Å². The average Bonchev–Trinajstić information content (AvgIpc) is 2.73. The zero-order valence-corrected chi connectivity index (χ0v) is 18.3. The first-order valence-corrected chi connectivity index (χ1v) is 11.7. The lowest BCUT2D eigenvalue weighted by Crippen LogP contribution is -2.43. The fourth-order valence-corrected chi connectivity index (χ4v) is 5.51. The van der Waals surface area contributed by atoms with Crippen LogP contribution in [-0.4, -0.2) is 44.2 Å². The number of rotatable bonds is 4. The maximum atomic E-state index is 13.2. The molecule has 10 heteroatoms. The van der Waals surface area contributed by atoms with Crippen molar-refractivity contribution in [2.75, 3.05) is 30.3 Å². The van der Waals surface area contributed by atoms with E-state index >= 15 is 0 Å². The summed E-state index contributed by atoms with van der Waals surface area (Å²) in [7, 11) is -3.82. The Balaban J connectivity index is 1.50. The summed E-state index contributed by atoms with van der Waals surface area (Å²) in [5.41, 5.74) is 0.980. The zero-order valence-electron chi connectivity index (χ0n) is 15.9. The SMILES string of the molecule is O=C1COc2ccc(S(=O)(=O)N3CCC[C@@H](C(=O)Nc4cccc(Br)c4)C3)cc2N1. The van der Waals surface area contributed by atoms with Crippen LogP contribution in [0.2, 0.25) is 0 Å². The van der Waals surface area contributed by atoms with Gasteiger partial charge in [0.25, 0.3) is 5.91 Å². The van der Waals surface area contributed by atoms with Crippen molar-refractivity contribution in [3.63, 3.8) is 0 Å². The summed E-state index contributed by atoms with van der Waals surface area (Å²) in [6, 6.07) is 11.6. The van der Waals surface area contributed by atoms with E-state index in [0.29, 0.717) is 36.5 Å². The third-order valence-electron chi connectivity index (χ3n) is 5.07. The number of sulfonamides is 1. The van der Waals surface area contributed by atoms with Crippen molar-refractivity contribution in [2.45, 2.75) is 17.7 Å². The summed E-state index contributed by atoms with van der Waals surface area (Å²) >= 11 is 3.37. The maximum absolute atomic E-state index is 13.2. The van der Waals surface area contributed by atoms with E-state index in [1.54, 1.807) is 12.1 Å². The van der Waals surface area contributed by atoms with E-state index in [1.165, 1.54) is 22.5 Å². The van der Waals surface area contributed by atoms with Crippen LogP contribution in [-0.2, 0) is 19.6 Å². The first kappa shape index (κ1) is 20.8. The smallest absolute Gasteiger partial charge is 0.262 e. The van der Waals surface area contributed by atoms with Crippen molar-refractivity contribution in [2.24, 2.45) is 5.92 Å². The number of benzene rings is 2. The van der Waals surface area contributed by atoms with Gasteiger partial charge in [-0.15, -0.1) is 0 Å². The zero-order chi connectivity index (χ0) is 21.3. The quantitative estimate of drug-likeness (QED) is 0.681. The van der Waals surface area contributed by atoms with E-state index in [4.69, 9.17) is 4.74 Å². The van der Waals surface area contributed by atoms with E-state index in [1.807, 2.05) is 12.1 Å². The highest BCUT2D eigenvalue weighted by molar-refractivity contribution is 9.10. The number of piperidine rings is 1. The fraction of sp³-hybridized carbons (Fsp3) is 0.300. The monoisotopic (exact) mass is 493 g/mol. The Morgan fingerprint density at radius 2 is 2.07 bits per heavy atom. The van der Waals surface area contributed by atoms with Crippen LogP contribution in [0.25, 0.3) is 0 Å². The molecule has 2 aromatic carbocycles. The Labute approximate surface area is 182 Å². The van der Waals surface area contributed by atoms with Crippen molar-refractivity contribution in [3.8, 4) is 5.75 Å². The standard InChI is InChI=1S/C20H20BrN3O5S/c21-14-4-1-5-15(9-14)22-20(26)13-3-2-8-24(11-13)30(27,28)16-6-7-18-17(10-16)23-19(25)12-29-18/h1,4-7,9-10,13H,2-3,8,11-12H2,(H,22,26)(H,23,25)/t13-/m1/s1. The van der Waals surface area contributed by atoms with E-state index in [2.05, 4.69) is 26.6 Å². The lowest BCUT2D eigenvalue weighted by molar-refractivity contribution is -0.121. The Morgan fingerprint density at radius 1 is 1.23 bits per heavy atom. The number of hydrogen-bond donors (Lipinski definition) is 2. The minimum absolute atomic E-state index is 0.0556. The van der Waals surface area contributed by atoms with Gasteiger partial charge in [-0.1, -0.05) is 22.0 Å². The second-order valence-electron chi connectivity index (χ2n) is 7.20. The molecule has 2 N–H and O–H groups in total. The van der Waals surface area contributed by atoms with E-state index in [9.17, 15) is 18.0 Å². The van der Waals surface area contributed by atoms with Crippen LogP contribution in [0.1, 0.15) is 12.8 Å². The molecule has 2 aliphatic heterocycles. The van der Waals surface area contributed by atoms with Crippen LogP contribution < -0.4 is 15.4 Å². The van der Waals surface area contributed by atoms with Gasteiger partial charge in [-0.3, -0.25) is 9.59 Å². The number of carbonyl (C=O) groups is 2. The number of nitrogens with zero attached hydrogens (tertiary/aromatic N) is 1. The number of fused-ring (bicyclic) bond motifs is 1. The molecule has 158 valence electrons. The minimum atomic E-state index is -3.82. The summed E-state index contributed by atoms with van der Waals surface area (Å²) in [5, 5.41) is 5.47. The molecular weight excluding hydrogens is 474 g/mol. The highest BCUT2D eigenvalue weighted by atomic mass is 79.9. The molecule has 30 heavy (non-hydrogen) atoms. The molecule has 0 saturated carbocycles. The van der Waals surface area contributed by atoms with E-state index in [0.717, 1.165) is 4.47 Å². The molecule has 1 atom stereocenters. The molecular formula is C20H20BrN3O5S. The van der Waals surface area contributed by atoms with Crippen LogP contribution in [0, 0.1) is 5.92 Å². The van der Waals surface area contributed by atoms with Gasteiger partial charge in [0.2, 0.25) is 15.9 Å². The molecule has 0 unspecified atom stereocenters. The number of halogens is 1.